The molecule has 1 N–H and O–H groups in total. The molecular weight excluding hydrogens is 370 g/mol. The molecule has 0 saturated carbocycles. The molecule has 1 aliphatic rings. The summed E-state index contributed by atoms with van der Waals surface area (Å²) in [5, 5.41) is 7.09. The normalized spacial score (nSPS) is 14.7. The number of ether oxygens (including phenoxy) is 1. The third-order valence-corrected chi connectivity index (χ3v) is 5.16. The molecule has 1 aliphatic carbocycles. The zero-order valence-corrected chi connectivity index (χ0v) is 16.5. The quantitative estimate of drug-likeness (QED) is 0.532. The van der Waals surface area contributed by atoms with Crippen molar-refractivity contribution in [1.82, 2.24) is 10.1 Å². The molecule has 2 heterocycles. The number of nitrogens with zero attached hydrogens (tertiary/aromatic N) is 2. The van der Waals surface area contributed by atoms with E-state index in [-0.39, 0.29) is 0 Å². The van der Waals surface area contributed by atoms with Crippen LogP contribution in [0.5, 0.6) is 0 Å². The van der Waals surface area contributed by atoms with Gasteiger partial charge in [-0.15, -0.1) is 0 Å². The number of rotatable bonds is 4. The fourth-order valence-corrected chi connectivity index (χ4v) is 3.71. The molecule has 1 atom stereocenters. The van der Waals surface area contributed by atoms with Crippen LogP contribution in [-0.2, 0) is 22.4 Å². The summed E-state index contributed by atoms with van der Waals surface area (Å²) in [4.78, 5) is 30.3. The summed E-state index contributed by atoms with van der Waals surface area (Å²) in [6, 6.07) is 9.17. The molecule has 0 saturated heterocycles. The second-order valence-corrected chi connectivity index (χ2v) is 7.35. The Bertz CT molecular complexity index is 1070. The maximum atomic E-state index is 13.2. The Hall–Kier alpha value is -3.22. The molecule has 0 bridgehead atoms. The van der Waals surface area contributed by atoms with E-state index >= 15 is 0 Å². The number of hydrogen-bond acceptors (Lipinski definition) is 6. The molecule has 29 heavy (non-hydrogen) atoms. The molecule has 3 aromatic rings. The van der Waals surface area contributed by atoms with Gasteiger partial charge in [-0.1, -0.05) is 29.8 Å². The number of carbonyl (C=O) groups excluding carboxylic acids is 2. The number of hydrogen-bond donors (Lipinski definition) is 1. The third kappa shape index (κ3) is 3.99. The minimum Gasteiger partial charge on any atom is -0.449 e. The van der Waals surface area contributed by atoms with Crippen molar-refractivity contribution < 1.29 is 18.8 Å². The Morgan fingerprint density at radius 3 is 2.76 bits per heavy atom. The molecule has 7 heteroatoms. The molecule has 0 fully saturated rings. The highest BCUT2D eigenvalue weighted by atomic mass is 16.5. The summed E-state index contributed by atoms with van der Waals surface area (Å²) in [6.07, 6.45) is 3.83. The van der Waals surface area contributed by atoms with Crippen LogP contribution >= 0.6 is 0 Å². The zero-order valence-electron chi connectivity index (χ0n) is 16.5. The number of para-hydroxylation sites is 1. The first-order valence-corrected chi connectivity index (χ1v) is 9.88. The number of amides is 1. The zero-order chi connectivity index (χ0) is 20.4. The number of fused-ring (bicyclic) bond motifs is 2. The molecule has 7 nitrogen and oxygen atoms in total. The van der Waals surface area contributed by atoms with Gasteiger partial charge in [0.2, 0.25) is 0 Å². The van der Waals surface area contributed by atoms with E-state index in [4.69, 9.17) is 14.2 Å². The summed E-state index contributed by atoms with van der Waals surface area (Å²) < 4.78 is 10.5. The Morgan fingerprint density at radius 2 is 1.97 bits per heavy atom. The van der Waals surface area contributed by atoms with E-state index in [1.807, 2.05) is 24.3 Å². The molecule has 4 rings (SSSR count). The minimum absolute atomic E-state index is 0.290. The summed E-state index contributed by atoms with van der Waals surface area (Å²) in [6.45, 7) is 3.27. The average Bonchev–Trinajstić information content (AvgIpc) is 2.97. The van der Waals surface area contributed by atoms with Crippen LogP contribution in [0.15, 0.2) is 34.9 Å². The van der Waals surface area contributed by atoms with E-state index in [9.17, 15) is 9.59 Å². The average molecular weight is 393 g/mol. The van der Waals surface area contributed by atoms with Gasteiger partial charge in [0.1, 0.15) is 5.76 Å². The second kappa shape index (κ2) is 8.03. The lowest BCUT2D eigenvalue weighted by atomic mass is 9.97. The van der Waals surface area contributed by atoms with Crippen LogP contribution in [0.2, 0.25) is 0 Å². The van der Waals surface area contributed by atoms with Crippen LogP contribution < -0.4 is 5.32 Å². The molecule has 1 aromatic carbocycles. The molecule has 0 spiro atoms. The Morgan fingerprint density at radius 1 is 1.17 bits per heavy atom. The Kier molecular flexibility index (Phi) is 5.29. The maximum absolute atomic E-state index is 13.2. The van der Waals surface area contributed by atoms with E-state index in [0.717, 1.165) is 54.3 Å². The highest BCUT2D eigenvalue weighted by molar-refractivity contribution is 6.06. The molecule has 0 unspecified atom stereocenters. The Balaban J connectivity index is 1.62. The molecular formula is C22H23N3O4. The smallest absolute Gasteiger partial charge is 0.339 e. The van der Waals surface area contributed by atoms with Gasteiger partial charge in [-0.25, -0.2) is 4.79 Å². The van der Waals surface area contributed by atoms with Crippen LogP contribution in [0.25, 0.3) is 10.9 Å². The summed E-state index contributed by atoms with van der Waals surface area (Å²) in [5.74, 6) is -0.0913. The van der Waals surface area contributed by atoms with Gasteiger partial charge < -0.3 is 14.6 Å². The summed E-state index contributed by atoms with van der Waals surface area (Å²) in [5.41, 5.74) is 3.22. The molecule has 1 amide bonds. The van der Waals surface area contributed by atoms with Gasteiger partial charge in [0.25, 0.3) is 5.91 Å². The number of aromatic nitrogens is 2. The van der Waals surface area contributed by atoms with E-state index < -0.39 is 18.0 Å². The van der Waals surface area contributed by atoms with E-state index in [2.05, 4.69) is 10.5 Å². The minimum atomic E-state index is -0.979. The van der Waals surface area contributed by atoms with Crippen molar-refractivity contribution in [3.63, 3.8) is 0 Å². The van der Waals surface area contributed by atoms with Gasteiger partial charge in [0, 0.05) is 17.1 Å². The van der Waals surface area contributed by atoms with Crippen molar-refractivity contribution in [3.8, 4) is 0 Å². The first kappa shape index (κ1) is 19.1. The van der Waals surface area contributed by atoms with Crippen molar-refractivity contribution in [2.75, 3.05) is 5.32 Å². The molecule has 150 valence electrons. The number of carbonyl (C=O) groups is 2. The van der Waals surface area contributed by atoms with Crippen molar-refractivity contribution in [1.29, 1.82) is 0 Å². The monoisotopic (exact) mass is 393 g/mol. The van der Waals surface area contributed by atoms with Crippen molar-refractivity contribution in [2.24, 2.45) is 0 Å². The first-order valence-electron chi connectivity index (χ1n) is 9.88. The topological polar surface area (TPSA) is 94.3 Å². The largest absolute Gasteiger partial charge is 0.449 e. The predicted molar refractivity (Wildman–Crippen MR) is 108 cm³/mol. The van der Waals surface area contributed by atoms with Crippen LogP contribution in [0.1, 0.15) is 53.6 Å². The van der Waals surface area contributed by atoms with Crippen molar-refractivity contribution in [2.45, 2.75) is 52.1 Å². The lowest BCUT2D eigenvalue weighted by molar-refractivity contribution is -0.123. The summed E-state index contributed by atoms with van der Waals surface area (Å²) in [7, 11) is 0. The standard InChI is InChI=1S/C22H23N3O4/c1-13-12-19(25-29-13)24-21(26)14(2)28-22(27)20-15-8-4-3-5-10-17(15)23-18-11-7-6-9-16(18)20/h6-7,9,11-12,14H,3-5,8,10H2,1-2H3,(H,24,25,26)/t14-/m1/s1. The van der Waals surface area contributed by atoms with Crippen LogP contribution in [-0.4, -0.2) is 28.1 Å². The maximum Gasteiger partial charge on any atom is 0.339 e. The second-order valence-electron chi connectivity index (χ2n) is 7.35. The summed E-state index contributed by atoms with van der Waals surface area (Å²) >= 11 is 0. The van der Waals surface area contributed by atoms with Gasteiger partial charge in [-0.05, 0) is 51.2 Å². The number of esters is 1. The lowest BCUT2D eigenvalue weighted by Gasteiger charge is -2.17. The number of benzene rings is 1. The Labute approximate surface area is 168 Å². The number of anilines is 1. The van der Waals surface area contributed by atoms with Gasteiger partial charge in [-0.2, -0.15) is 0 Å². The highest BCUT2D eigenvalue weighted by Gasteiger charge is 2.26. The SMILES string of the molecule is Cc1cc(NC(=O)[C@@H](C)OC(=O)c2c3c(nc4ccccc24)CCCCC3)no1. The lowest BCUT2D eigenvalue weighted by Crippen LogP contribution is -2.30. The van der Waals surface area contributed by atoms with Gasteiger partial charge in [-0.3, -0.25) is 9.78 Å². The third-order valence-electron chi connectivity index (χ3n) is 5.16. The first-order chi connectivity index (χ1) is 14.0. The van der Waals surface area contributed by atoms with Gasteiger partial charge in [0.05, 0.1) is 11.1 Å². The van der Waals surface area contributed by atoms with Crippen LogP contribution in [0, 0.1) is 6.92 Å². The fourth-order valence-electron chi connectivity index (χ4n) is 3.71. The number of nitrogens with one attached hydrogen (secondary N) is 1. The van der Waals surface area contributed by atoms with Gasteiger partial charge in [0.15, 0.2) is 11.9 Å². The molecule has 2 aromatic heterocycles. The molecule has 0 aliphatic heterocycles. The van der Waals surface area contributed by atoms with Crippen LogP contribution in [0.4, 0.5) is 5.82 Å². The van der Waals surface area contributed by atoms with E-state index in [0.29, 0.717) is 17.1 Å². The molecule has 0 radical (unpaired) electrons. The van der Waals surface area contributed by atoms with Gasteiger partial charge >= 0.3 is 5.97 Å². The number of pyridine rings is 1. The fraction of sp³-hybridized carbons (Fsp3) is 0.364. The highest BCUT2D eigenvalue weighted by Crippen LogP contribution is 2.29. The van der Waals surface area contributed by atoms with E-state index in [1.54, 1.807) is 19.9 Å². The number of aryl methyl sites for hydroxylation is 2. The predicted octanol–water partition coefficient (Wildman–Crippen LogP) is 3.98. The van der Waals surface area contributed by atoms with Crippen molar-refractivity contribution in [3.05, 3.63) is 52.9 Å². The van der Waals surface area contributed by atoms with Crippen molar-refractivity contribution >= 4 is 28.6 Å². The van der Waals surface area contributed by atoms with Crippen LogP contribution in [0.3, 0.4) is 0 Å². The van der Waals surface area contributed by atoms with E-state index in [1.165, 1.54) is 0 Å².